The van der Waals surface area contributed by atoms with Crippen molar-refractivity contribution in [3.05, 3.63) is 59.2 Å². The van der Waals surface area contributed by atoms with Crippen molar-refractivity contribution in [3.8, 4) is 0 Å². The first-order valence-electron chi connectivity index (χ1n) is 10.2. The molecule has 2 rings (SSSR count). The van der Waals surface area contributed by atoms with Crippen LogP contribution in [0.5, 0.6) is 0 Å². The van der Waals surface area contributed by atoms with Gasteiger partial charge in [-0.1, -0.05) is 63.6 Å². The smallest absolute Gasteiger partial charge is 0.321 e. The number of carbonyl (C=O) groups is 2. The van der Waals surface area contributed by atoms with Gasteiger partial charge in [0.05, 0.1) is 4.90 Å². The molecule has 0 atom stereocenters. The standard InChI is InChI=1S/C23H30N2O5S/c1-15(2)19-7-6-8-20(16(3)4)23(19)25-21(26)14-30-22(27)13-24-31(28,29)18-11-9-17(5)10-12-18/h6-12,15-16,24H,13-14H2,1-5H3,(H,25,26). The molecule has 2 aromatic carbocycles. The number of nitrogens with one attached hydrogen (secondary N) is 2. The fourth-order valence-corrected chi connectivity index (χ4v) is 3.99. The number of para-hydroxylation sites is 1. The topological polar surface area (TPSA) is 102 Å². The number of hydrogen-bond acceptors (Lipinski definition) is 5. The SMILES string of the molecule is Cc1ccc(S(=O)(=O)NCC(=O)OCC(=O)Nc2c(C(C)C)cccc2C(C)C)cc1. The first-order valence-corrected chi connectivity index (χ1v) is 11.6. The Balaban J connectivity index is 1.95. The second kappa shape index (κ2) is 10.5. The molecule has 0 saturated heterocycles. The highest BCUT2D eigenvalue weighted by molar-refractivity contribution is 7.89. The van der Waals surface area contributed by atoms with Gasteiger partial charge in [0.2, 0.25) is 10.0 Å². The summed E-state index contributed by atoms with van der Waals surface area (Å²) in [6.45, 7) is 8.92. The molecule has 0 fully saturated rings. The Labute approximate surface area is 184 Å². The summed E-state index contributed by atoms with van der Waals surface area (Å²) in [6, 6.07) is 12.1. The molecule has 0 aliphatic rings. The fourth-order valence-electron chi connectivity index (χ4n) is 3.02. The summed E-state index contributed by atoms with van der Waals surface area (Å²) in [4.78, 5) is 24.4. The van der Waals surface area contributed by atoms with E-state index in [4.69, 9.17) is 4.74 Å². The van der Waals surface area contributed by atoms with Gasteiger partial charge in [-0.15, -0.1) is 0 Å². The first-order chi connectivity index (χ1) is 14.5. The van der Waals surface area contributed by atoms with Gasteiger partial charge in [-0.05, 0) is 42.0 Å². The second-order valence-electron chi connectivity index (χ2n) is 7.97. The normalized spacial score (nSPS) is 11.6. The zero-order chi connectivity index (χ0) is 23.2. The molecule has 7 nitrogen and oxygen atoms in total. The molecule has 0 radical (unpaired) electrons. The van der Waals surface area contributed by atoms with E-state index in [-0.39, 0.29) is 16.7 Å². The number of ether oxygens (including phenoxy) is 1. The summed E-state index contributed by atoms with van der Waals surface area (Å²) in [5.74, 6) is -0.919. The third-order valence-electron chi connectivity index (χ3n) is 4.74. The summed E-state index contributed by atoms with van der Waals surface area (Å²) in [5, 5.41) is 2.85. The molecular formula is C23H30N2O5S. The molecular weight excluding hydrogens is 416 g/mol. The Kier molecular flexibility index (Phi) is 8.36. The Morgan fingerprint density at radius 1 is 0.935 bits per heavy atom. The molecule has 31 heavy (non-hydrogen) atoms. The number of aryl methyl sites for hydroxylation is 1. The van der Waals surface area contributed by atoms with Crippen LogP contribution in [0.2, 0.25) is 0 Å². The molecule has 0 bridgehead atoms. The lowest BCUT2D eigenvalue weighted by molar-refractivity contribution is -0.146. The number of benzene rings is 2. The van der Waals surface area contributed by atoms with Gasteiger partial charge in [-0.25, -0.2) is 8.42 Å². The van der Waals surface area contributed by atoms with Crippen LogP contribution in [-0.2, 0) is 24.3 Å². The lowest BCUT2D eigenvalue weighted by Gasteiger charge is -2.20. The molecule has 0 aromatic heterocycles. The van der Waals surface area contributed by atoms with Crippen LogP contribution in [0.3, 0.4) is 0 Å². The second-order valence-corrected chi connectivity index (χ2v) is 9.73. The molecule has 2 aromatic rings. The third-order valence-corrected chi connectivity index (χ3v) is 6.16. The van der Waals surface area contributed by atoms with E-state index in [1.54, 1.807) is 12.1 Å². The third kappa shape index (κ3) is 6.90. The molecule has 0 saturated carbocycles. The largest absolute Gasteiger partial charge is 0.455 e. The predicted molar refractivity (Wildman–Crippen MR) is 121 cm³/mol. The quantitative estimate of drug-likeness (QED) is 0.572. The lowest BCUT2D eigenvalue weighted by Crippen LogP contribution is -2.32. The number of sulfonamides is 1. The van der Waals surface area contributed by atoms with E-state index in [1.165, 1.54) is 12.1 Å². The predicted octanol–water partition coefficient (Wildman–Crippen LogP) is 3.70. The molecule has 0 aliphatic heterocycles. The van der Waals surface area contributed by atoms with Crippen LogP contribution in [0.25, 0.3) is 0 Å². The number of esters is 1. The van der Waals surface area contributed by atoms with Crippen molar-refractivity contribution in [2.75, 3.05) is 18.5 Å². The van der Waals surface area contributed by atoms with Gasteiger partial charge < -0.3 is 10.1 Å². The van der Waals surface area contributed by atoms with Gasteiger partial charge in [0.1, 0.15) is 6.54 Å². The molecule has 1 amide bonds. The molecule has 2 N–H and O–H groups in total. The van der Waals surface area contributed by atoms with E-state index < -0.39 is 35.1 Å². The Morgan fingerprint density at radius 2 is 1.48 bits per heavy atom. The minimum atomic E-state index is -3.84. The van der Waals surface area contributed by atoms with Crippen molar-refractivity contribution in [2.45, 2.75) is 51.3 Å². The zero-order valence-electron chi connectivity index (χ0n) is 18.6. The average molecular weight is 447 g/mol. The lowest BCUT2D eigenvalue weighted by atomic mass is 9.92. The van der Waals surface area contributed by atoms with Crippen LogP contribution in [0.1, 0.15) is 56.2 Å². The molecule has 0 heterocycles. The van der Waals surface area contributed by atoms with Gasteiger partial charge in [-0.3, -0.25) is 9.59 Å². The highest BCUT2D eigenvalue weighted by Gasteiger charge is 2.18. The number of anilines is 1. The van der Waals surface area contributed by atoms with Crippen molar-refractivity contribution in [3.63, 3.8) is 0 Å². The molecule has 8 heteroatoms. The fraction of sp³-hybridized carbons (Fsp3) is 0.391. The Bertz CT molecular complexity index is 1000. The molecule has 0 aliphatic carbocycles. The van der Waals surface area contributed by atoms with Gasteiger partial charge in [0, 0.05) is 5.69 Å². The minimum absolute atomic E-state index is 0.0511. The van der Waals surface area contributed by atoms with E-state index in [1.807, 2.05) is 52.8 Å². The molecule has 0 unspecified atom stereocenters. The molecule has 168 valence electrons. The van der Waals surface area contributed by atoms with Crippen molar-refractivity contribution in [1.29, 1.82) is 0 Å². The van der Waals surface area contributed by atoms with E-state index in [2.05, 4.69) is 10.0 Å². The number of carbonyl (C=O) groups excluding carboxylic acids is 2. The average Bonchev–Trinajstić information content (AvgIpc) is 2.71. The highest BCUT2D eigenvalue weighted by Crippen LogP contribution is 2.32. The first kappa shape index (κ1) is 24.6. The van der Waals surface area contributed by atoms with Crippen molar-refractivity contribution < 1.29 is 22.7 Å². The van der Waals surface area contributed by atoms with E-state index in [0.717, 1.165) is 22.4 Å². The number of hydrogen-bond donors (Lipinski definition) is 2. The van der Waals surface area contributed by atoms with Crippen LogP contribution in [-0.4, -0.2) is 33.4 Å². The van der Waals surface area contributed by atoms with Gasteiger partial charge in [-0.2, -0.15) is 4.72 Å². The minimum Gasteiger partial charge on any atom is -0.455 e. The van der Waals surface area contributed by atoms with Crippen LogP contribution >= 0.6 is 0 Å². The number of amides is 1. The maximum absolute atomic E-state index is 12.4. The summed E-state index contributed by atoms with van der Waals surface area (Å²) >= 11 is 0. The van der Waals surface area contributed by atoms with Gasteiger partial charge in [0.15, 0.2) is 6.61 Å². The Hall–Kier alpha value is -2.71. The van der Waals surface area contributed by atoms with E-state index in [0.29, 0.717) is 0 Å². The van der Waals surface area contributed by atoms with Crippen LogP contribution in [0.15, 0.2) is 47.4 Å². The maximum atomic E-state index is 12.4. The van der Waals surface area contributed by atoms with Crippen molar-refractivity contribution in [2.24, 2.45) is 0 Å². The van der Waals surface area contributed by atoms with Crippen molar-refractivity contribution >= 4 is 27.6 Å². The van der Waals surface area contributed by atoms with Crippen LogP contribution in [0, 0.1) is 6.92 Å². The van der Waals surface area contributed by atoms with Crippen LogP contribution in [0.4, 0.5) is 5.69 Å². The Morgan fingerprint density at radius 3 is 2.00 bits per heavy atom. The van der Waals surface area contributed by atoms with Crippen molar-refractivity contribution in [1.82, 2.24) is 4.72 Å². The van der Waals surface area contributed by atoms with Gasteiger partial charge in [0.25, 0.3) is 5.91 Å². The maximum Gasteiger partial charge on any atom is 0.321 e. The van der Waals surface area contributed by atoms with E-state index in [9.17, 15) is 18.0 Å². The summed E-state index contributed by atoms with van der Waals surface area (Å²) in [7, 11) is -3.84. The summed E-state index contributed by atoms with van der Waals surface area (Å²) < 4.78 is 31.6. The zero-order valence-corrected chi connectivity index (χ0v) is 19.4. The summed E-state index contributed by atoms with van der Waals surface area (Å²) in [5.41, 5.74) is 3.64. The monoisotopic (exact) mass is 446 g/mol. The highest BCUT2D eigenvalue weighted by atomic mass is 32.2. The molecule has 0 spiro atoms. The van der Waals surface area contributed by atoms with E-state index >= 15 is 0 Å². The van der Waals surface area contributed by atoms with Gasteiger partial charge >= 0.3 is 5.97 Å². The summed E-state index contributed by atoms with van der Waals surface area (Å²) in [6.07, 6.45) is 0. The van der Waals surface area contributed by atoms with Crippen LogP contribution < -0.4 is 10.0 Å². The number of rotatable bonds is 9.